The maximum absolute atomic E-state index is 12.1. The monoisotopic (exact) mass is 287 g/mol. The Morgan fingerprint density at radius 3 is 2.71 bits per heavy atom. The number of H-pyrrole nitrogens is 1. The first-order chi connectivity index (χ1) is 10.1. The zero-order valence-electron chi connectivity index (χ0n) is 11.6. The second-order valence-corrected chi connectivity index (χ2v) is 5.35. The Labute approximate surface area is 121 Å². The van der Waals surface area contributed by atoms with Crippen LogP contribution in [0.4, 0.5) is 0 Å². The number of nitrogens with one attached hydrogen (secondary N) is 3. The summed E-state index contributed by atoms with van der Waals surface area (Å²) in [6.45, 7) is 1.48. The molecule has 2 amide bonds. The maximum Gasteiger partial charge on any atom is 0.245 e. The lowest BCUT2D eigenvalue weighted by atomic mass is 10.00. The van der Waals surface area contributed by atoms with Crippen LogP contribution in [0.15, 0.2) is 30.5 Å². The highest BCUT2D eigenvalue weighted by Crippen LogP contribution is 2.19. The molecule has 0 unspecified atom stereocenters. The second kappa shape index (κ2) is 5.21. The number of piperazine rings is 1. The molecule has 1 saturated heterocycles. The number of aromatic nitrogens is 1. The zero-order chi connectivity index (χ0) is 15.0. The zero-order valence-corrected chi connectivity index (χ0v) is 11.6. The van der Waals surface area contributed by atoms with Gasteiger partial charge in [-0.1, -0.05) is 18.2 Å². The molecule has 3 atom stereocenters. The minimum atomic E-state index is -0.914. The topological polar surface area (TPSA) is 94.2 Å². The van der Waals surface area contributed by atoms with Crippen molar-refractivity contribution in [2.45, 2.75) is 31.5 Å². The number of amides is 2. The normalized spacial score (nSPS) is 23.7. The van der Waals surface area contributed by atoms with Crippen molar-refractivity contribution in [3.05, 3.63) is 36.0 Å². The van der Waals surface area contributed by atoms with Gasteiger partial charge in [0.25, 0.3) is 0 Å². The molecule has 1 aromatic heterocycles. The lowest BCUT2D eigenvalue weighted by molar-refractivity contribution is -0.139. The van der Waals surface area contributed by atoms with E-state index >= 15 is 0 Å². The van der Waals surface area contributed by atoms with Crippen molar-refractivity contribution in [1.82, 2.24) is 15.6 Å². The van der Waals surface area contributed by atoms with E-state index in [4.69, 9.17) is 0 Å². The summed E-state index contributed by atoms with van der Waals surface area (Å²) in [7, 11) is 0. The van der Waals surface area contributed by atoms with E-state index in [1.807, 2.05) is 30.5 Å². The molecule has 3 rings (SSSR count). The fourth-order valence-corrected chi connectivity index (χ4v) is 2.65. The molecule has 1 aromatic carbocycles. The standard InChI is InChI=1S/C15H17N3O3/c1-8(19)13-15(21)17-12(14(20)18-13)6-9-7-16-11-5-3-2-4-10(9)11/h2-5,7-8,12-13,16,19H,6H2,1H3,(H,17,21)(H,18,20)/t8-,12+,13+/m1/s1. The Morgan fingerprint density at radius 1 is 1.19 bits per heavy atom. The molecular formula is C15H17N3O3. The van der Waals surface area contributed by atoms with E-state index in [0.29, 0.717) is 6.42 Å². The van der Waals surface area contributed by atoms with Gasteiger partial charge in [-0.3, -0.25) is 9.59 Å². The van der Waals surface area contributed by atoms with Crippen LogP contribution < -0.4 is 10.6 Å². The Morgan fingerprint density at radius 2 is 1.95 bits per heavy atom. The molecule has 1 aliphatic rings. The predicted octanol–water partition coefficient (Wildman–Crippen LogP) is 0.0744. The maximum atomic E-state index is 12.1. The third-order valence-electron chi connectivity index (χ3n) is 3.79. The number of carbonyl (C=O) groups excluding carboxylic acids is 2. The van der Waals surface area contributed by atoms with Gasteiger partial charge in [0.1, 0.15) is 12.1 Å². The summed E-state index contributed by atoms with van der Waals surface area (Å²) in [4.78, 5) is 27.1. The number of rotatable bonds is 3. The van der Waals surface area contributed by atoms with Crippen molar-refractivity contribution in [2.75, 3.05) is 0 Å². The van der Waals surface area contributed by atoms with E-state index in [9.17, 15) is 14.7 Å². The molecule has 0 saturated carbocycles. The van der Waals surface area contributed by atoms with E-state index in [-0.39, 0.29) is 11.8 Å². The van der Waals surface area contributed by atoms with Gasteiger partial charge in [0, 0.05) is 23.5 Å². The minimum Gasteiger partial charge on any atom is -0.391 e. The fraction of sp³-hybridized carbons (Fsp3) is 0.333. The van der Waals surface area contributed by atoms with Gasteiger partial charge in [-0.05, 0) is 18.6 Å². The molecule has 1 aliphatic heterocycles. The number of fused-ring (bicyclic) bond motifs is 1. The first kappa shape index (κ1) is 13.6. The lowest BCUT2D eigenvalue weighted by Crippen LogP contribution is -2.65. The molecule has 21 heavy (non-hydrogen) atoms. The van der Waals surface area contributed by atoms with Crippen LogP contribution in [0.1, 0.15) is 12.5 Å². The molecule has 4 N–H and O–H groups in total. The minimum absolute atomic E-state index is 0.272. The Balaban J connectivity index is 1.79. The van der Waals surface area contributed by atoms with Crippen molar-refractivity contribution in [3.8, 4) is 0 Å². The largest absolute Gasteiger partial charge is 0.391 e. The van der Waals surface area contributed by atoms with Gasteiger partial charge < -0.3 is 20.7 Å². The number of aromatic amines is 1. The van der Waals surface area contributed by atoms with Crippen molar-refractivity contribution in [2.24, 2.45) is 0 Å². The van der Waals surface area contributed by atoms with Crippen LogP contribution in [0.5, 0.6) is 0 Å². The molecule has 110 valence electrons. The molecule has 0 aliphatic carbocycles. The van der Waals surface area contributed by atoms with Gasteiger partial charge in [-0.25, -0.2) is 0 Å². The Hall–Kier alpha value is -2.34. The second-order valence-electron chi connectivity index (χ2n) is 5.35. The SMILES string of the molecule is C[C@@H](O)[C@@H]1NC(=O)[C@H](Cc2c[nH]c3ccccc23)NC1=O. The number of carbonyl (C=O) groups is 2. The fourth-order valence-electron chi connectivity index (χ4n) is 2.65. The lowest BCUT2D eigenvalue weighted by Gasteiger charge is -2.30. The van der Waals surface area contributed by atoms with Crippen molar-refractivity contribution in [3.63, 3.8) is 0 Å². The third-order valence-corrected chi connectivity index (χ3v) is 3.79. The first-order valence-corrected chi connectivity index (χ1v) is 6.90. The summed E-state index contributed by atoms with van der Waals surface area (Å²) < 4.78 is 0. The van der Waals surface area contributed by atoms with Crippen molar-refractivity contribution >= 4 is 22.7 Å². The number of aliphatic hydroxyl groups is 1. The molecule has 0 radical (unpaired) electrons. The van der Waals surface area contributed by atoms with Gasteiger partial charge in [0.2, 0.25) is 11.8 Å². The van der Waals surface area contributed by atoms with Crippen LogP contribution in [0.3, 0.4) is 0 Å². The van der Waals surface area contributed by atoms with Crippen LogP contribution in [0.2, 0.25) is 0 Å². The molecule has 2 heterocycles. The van der Waals surface area contributed by atoms with E-state index < -0.39 is 18.2 Å². The van der Waals surface area contributed by atoms with Crippen molar-refractivity contribution < 1.29 is 14.7 Å². The molecule has 0 bridgehead atoms. The van der Waals surface area contributed by atoms with Crippen LogP contribution in [0.25, 0.3) is 10.9 Å². The smallest absolute Gasteiger partial charge is 0.245 e. The summed E-state index contributed by atoms with van der Waals surface area (Å²) in [5, 5.41) is 15.7. The quantitative estimate of drug-likeness (QED) is 0.643. The number of benzene rings is 1. The van der Waals surface area contributed by atoms with Gasteiger partial charge in [-0.2, -0.15) is 0 Å². The van der Waals surface area contributed by atoms with Crippen LogP contribution in [-0.4, -0.2) is 40.1 Å². The van der Waals surface area contributed by atoms with Crippen LogP contribution in [0, 0.1) is 0 Å². The summed E-state index contributed by atoms with van der Waals surface area (Å²) in [6, 6.07) is 6.31. The van der Waals surface area contributed by atoms with E-state index in [1.54, 1.807) is 0 Å². The van der Waals surface area contributed by atoms with Gasteiger partial charge in [0.05, 0.1) is 6.10 Å². The third kappa shape index (κ3) is 2.50. The van der Waals surface area contributed by atoms with Gasteiger partial charge in [0.15, 0.2) is 0 Å². The van der Waals surface area contributed by atoms with E-state index in [1.165, 1.54) is 6.92 Å². The average molecular weight is 287 g/mol. The molecular weight excluding hydrogens is 270 g/mol. The summed E-state index contributed by atoms with van der Waals surface area (Å²) >= 11 is 0. The average Bonchev–Trinajstić information content (AvgIpc) is 2.85. The predicted molar refractivity (Wildman–Crippen MR) is 77.5 cm³/mol. The van der Waals surface area contributed by atoms with Gasteiger partial charge in [-0.15, -0.1) is 0 Å². The number of aliphatic hydroxyl groups excluding tert-OH is 1. The summed E-state index contributed by atoms with van der Waals surface area (Å²) in [6.07, 6.45) is 1.35. The van der Waals surface area contributed by atoms with E-state index in [2.05, 4.69) is 15.6 Å². The number of hydrogen-bond acceptors (Lipinski definition) is 3. The molecule has 6 nitrogen and oxygen atoms in total. The molecule has 0 spiro atoms. The van der Waals surface area contributed by atoms with Crippen LogP contribution in [-0.2, 0) is 16.0 Å². The highest BCUT2D eigenvalue weighted by atomic mass is 16.3. The number of para-hydroxylation sites is 1. The van der Waals surface area contributed by atoms with Gasteiger partial charge >= 0.3 is 0 Å². The molecule has 1 fully saturated rings. The summed E-state index contributed by atoms with van der Waals surface area (Å²) in [5.41, 5.74) is 1.97. The number of hydrogen-bond donors (Lipinski definition) is 4. The first-order valence-electron chi connectivity index (χ1n) is 6.90. The highest BCUT2D eigenvalue weighted by molar-refractivity contribution is 5.97. The highest BCUT2D eigenvalue weighted by Gasteiger charge is 2.36. The molecule has 6 heteroatoms. The van der Waals surface area contributed by atoms with Crippen LogP contribution >= 0.6 is 0 Å². The van der Waals surface area contributed by atoms with Crippen molar-refractivity contribution in [1.29, 1.82) is 0 Å². The van der Waals surface area contributed by atoms with E-state index in [0.717, 1.165) is 16.5 Å². The Kier molecular flexibility index (Phi) is 3.39. The molecule has 2 aromatic rings. The summed E-state index contributed by atoms with van der Waals surface area (Å²) in [5.74, 6) is -0.625. The Bertz CT molecular complexity index is 692.